The molecule has 4 rings (SSSR count). The first-order chi connectivity index (χ1) is 12.8. The molecular formula is C21H33Cl2N3O2. The molecule has 2 aliphatic heterocycles. The lowest BCUT2D eigenvalue weighted by Gasteiger charge is -2.23. The van der Waals surface area contributed by atoms with Crippen molar-refractivity contribution in [3.8, 4) is 5.75 Å². The maximum Gasteiger partial charge on any atom is 0.223 e. The van der Waals surface area contributed by atoms with Crippen molar-refractivity contribution in [2.45, 2.75) is 38.6 Å². The number of ether oxygens (including phenoxy) is 1. The van der Waals surface area contributed by atoms with Gasteiger partial charge in [-0.05, 0) is 81.4 Å². The zero-order valence-corrected chi connectivity index (χ0v) is 18.1. The van der Waals surface area contributed by atoms with Crippen LogP contribution in [0.25, 0.3) is 0 Å². The lowest BCUT2D eigenvalue weighted by molar-refractivity contribution is -0.123. The SMILES string of the molecule is Cl.Cl.O=C(NCc1ccc(OCCN2CCCC2)cc1)C1CC12CCNCC2. The molecule has 1 aromatic rings. The molecule has 2 saturated heterocycles. The largest absolute Gasteiger partial charge is 0.492 e. The minimum atomic E-state index is 0. The highest BCUT2D eigenvalue weighted by molar-refractivity contribution is 5.85. The Labute approximate surface area is 180 Å². The second-order valence-corrected chi connectivity index (χ2v) is 8.13. The number of rotatable bonds is 7. The van der Waals surface area contributed by atoms with Crippen molar-refractivity contribution < 1.29 is 9.53 Å². The zero-order valence-electron chi connectivity index (χ0n) is 16.5. The first kappa shape index (κ1) is 23.3. The van der Waals surface area contributed by atoms with Gasteiger partial charge in [-0.2, -0.15) is 0 Å². The second-order valence-electron chi connectivity index (χ2n) is 8.13. The fraction of sp³-hybridized carbons (Fsp3) is 0.667. The summed E-state index contributed by atoms with van der Waals surface area (Å²) in [6.45, 7) is 6.90. The normalized spacial score (nSPS) is 22.8. The number of hydrogen-bond acceptors (Lipinski definition) is 4. The summed E-state index contributed by atoms with van der Waals surface area (Å²) in [5, 5.41) is 6.51. The van der Waals surface area contributed by atoms with E-state index in [1.807, 2.05) is 12.1 Å². The second kappa shape index (κ2) is 10.7. The van der Waals surface area contributed by atoms with Gasteiger partial charge in [0.1, 0.15) is 12.4 Å². The first-order valence-electron chi connectivity index (χ1n) is 10.2. The van der Waals surface area contributed by atoms with E-state index in [4.69, 9.17) is 4.74 Å². The molecule has 1 aromatic carbocycles. The lowest BCUT2D eigenvalue weighted by Crippen LogP contribution is -2.33. The summed E-state index contributed by atoms with van der Waals surface area (Å²) in [6, 6.07) is 8.13. The van der Waals surface area contributed by atoms with Crippen LogP contribution in [0.1, 0.15) is 37.7 Å². The third-order valence-electron chi connectivity index (χ3n) is 6.37. The van der Waals surface area contributed by atoms with Gasteiger partial charge in [-0.1, -0.05) is 12.1 Å². The molecule has 2 heterocycles. The van der Waals surface area contributed by atoms with Crippen molar-refractivity contribution in [3.05, 3.63) is 29.8 Å². The van der Waals surface area contributed by atoms with E-state index in [0.717, 1.165) is 56.8 Å². The average Bonchev–Trinajstić information content (AvgIpc) is 3.11. The number of likely N-dealkylation sites (tertiary alicyclic amines) is 1. The van der Waals surface area contributed by atoms with Gasteiger partial charge in [0.25, 0.3) is 0 Å². The van der Waals surface area contributed by atoms with Crippen LogP contribution in [-0.4, -0.2) is 50.1 Å². The molecule has 0 radical (unpaired) electrons. The number of piperidine rings is 1. The van der Waals surface area contributed by atoms with Crippen LogP contribution in [0.15, 0.2) is 24.3 Å². The fourth-order valence-electron chi connectivity index (χ4n) is 4.51. The first-order valence-corrected chi connectivity index (χ1v) is 10.2. The molecule has 1 atom stereocenters. The van der Waals surface area contributed by atoms with E-state index < -0.39 is 0 Å². The van der Waals surface area contributed by atoms with E-state index in [0.29, 0.717) is 12.0 Å². The molecule has 2 N–H and O–H groups in total. The van der Waals surface area contributed by atoms with E-state index in [2.05, 4.69) is 27.7 Å². The zero-order chi connectivity index (χ0) is 17.8. The van der Waals surface area contributed by atoms with Gasteiger partial charge in [0.15, 0.2) is 0 Å². The average molecular weight is 430 g/mol. The molecule has 3 fully saturated rings. The molecule has 0 bridgehead atoms. The summed E-state index contributed by atoms with van der Waals surface area (Å²) >= 11 is 0. The summed E-state index contributed by atoms with van der Waals surface area (Å²) in [7, 11) is 0. The maximum absolute atomic E-state index is 12.4. The number of amides is 1. The summed E-state index contributed by atoms with van der Waals surface area (Å²) in [4.78, 5) is 14.9. The monoisotopic (exact) mass is 429 g/mol. The number of nitrogens with one attached hydrogen (secondary N) is 2. The molecule has 1 saturated carbocycles. The smallest absolute Gasteiger partial charge is 0.223 e. The van der Waals surface area contributed by atoms with Crippen molar-refractivity contribution in [1.82, 2.24) is 15.5 Å². The topological polar surface area (TPSA) is 53.6 Å². The molecule has 0 aromatic heterocycles. The Morgan fingerprint density at radius 1 is 1.14 bits per heavy atom. The highest BCUT2D eigenvalue weighted by Crippen LogP contribution is 2.58. The molecule has 1 unspecified atom stereocenters. The number of halogens is 2. The van der Waals surface area contributed by atoms with Gasteiger partial charge >= 0.3 is 0 Å². The summed E-state index contributed by atoms with van der Waals surface area (Å²) in [5.41, 5.74) is 1.44. The number of nitrogens with zero attached hydrogens (tertiary/aromatic N) is 1. The van der Waals surface area contributed by atoms with E-state index in [9.17, 15) is 4.79 Å². The fourth-order valence-corrected chi connectivity index (χ4v) is 4.51. The molecular weight excluding hydrogens is 397 g/mol. The van der Waals surface area contributed by atoms with Crippen LogP contribution in [-0.2, 0) is 11.3 Å². The van der Waals surface area contributed by atoms with Gasteiger partial charge in [0.05, 0.1) is 0 Å². The van der Waals surface area contributed by atoms with Crippen molar-refractivity contribution in [2.75, 3.05) is 39.3 Å². The Hall–Kier alpha value is -1.01. The highest BCUT2D eigenvalue weighted by atomic mass is 35.5. The standard InChI is InChI=1S/C21H31N3O2.2ClH/c25-20(19-15-21(19)7-9-22-10-8-21)23-16-17-3-5-18(6-4-17)26-14-13-24-11-1-2-12-24;;/h3-6,19,22H,1-2,7-16H2,(H,23,25);2*1H. The molecule has 158 valence electrons. The quantitative estimate of drug-likeness (QED) is 0.699. The van der Waals surface area contributed by atoms with Crippen LogP contribution in [0.5, 0.6) is 5.75 Å². The summed E-state index contributed by atoms with van der Waals surface area (Å²) in [5.74, 6) is 1.38. The van der Waals surface area contributed by atoms with Crippen molar-refractivity contribution >= 4 is 30.7 Å². The number of carbonyl (C=O) groups is 1. The van der Waals surface area contributed by atoms with Crippen LogP contribution in [0.3, 0.4) is 0 Å². The molecule has 1 amide bonds. The Morgan fingerprint density at radius 2 is 1.82 bits per heavy atom. The minimum absolute atomic E-state index is 0. The molecule has 1 spiro atoms. The van der Waals surface area contributed by atoms with Crippen LogP contribution < -0.4 is 15.4 Å². The number of hydrogen-bond donors (Lipinski definition) is 2. The van der Waals surface area contributed by atoms with E-state index in [1.54, 1.807) is 0 Å². The molecule has 1 aliphatic carbocycles. The third kappa shape index (κ3) is 5.76. The van der Waals surface area contributed by atoms with Crippen molar-refractivity contribution in [2.24, 2.45) is 11.3 Å². The van der Waals surface area contributed by atoms with Crippen LogP contribution in [0.2, 0.25) is 0 Å². The summed E-state index contributed by atoms with van der Waals surface area (Å²) in [6.07, 6.45) is 6.01. The van der Waals surface area contributed by atoms with Crippen LogP contribution >= 0.6 is 24.8 Å². The van der Waals surface area contributed by atoms with E-state index in [-0.39, 0.29) is 36.6 Å². The number of benzene rings is 1. The Morgan fingerprint density at radius 3 is 2.50 bits per heavy atom. The van der Waals surface area contributed by atoms with E-state index >= 15 is 0 Å². The lowest BCUT2D eigenvalue weighted by atomic mass is 9.92. The van der Waals surface area contributed by atoms with Gasteiger partial charge in [-0.15, -0.1) is 24.8 Å². The van der Waals surface area contributed by atoms with Gasteiger partial charge in [-0.25, -0.2) is 0 Å². The Kier molecular flexibility index (Phi) is 8.87. The maximum atomic E-state index is 12.4. The highest BCUT2D eigenvalue weighted by Gasteiger charge is 2.57. The third-order valence-corrected chi connectivity index (χ3v) is 6.37. The van der Waals surface area contributed by atoms with Crippen molar-refractivity contribution in [1.29, 1.82) is 0 Å². The van der Waals surface area contributed by atoms with Gasteiger partial charge in [0.2, 0.25) is 5.91 Å². The van der Waals surface area contributed by atoms with E-state index in [1.165, 1.54) is 25.9 Å². The Bertz CT molecular complexity index is 615. The molecule has 28 heavy (non-hydrogen) atoms. The van der Waals surface area contributed by atoms with Crippen LogP contribution in [0.4, 0.5) is 0 Å². The van der Waals surface area contributed by atoms with Gasteiger partial charge in [0, 0.05) is 19.0 Å². The van der Waals surface area contributed by atoms with Crippen molar-refractivity contribution in [3.63, 3.8) is 0 Å². The molecule has 7 heteroatoms. The van der Waals surface area contributed by atoms with Gasteiger partial charge in [-0.3, -0.25) is 9.69 Å². The number of carbonyl (C=O) groups excluding carboxylic acids is 1. The predicted molar refractivity (Wildman–Crippen MR) is 117 cm³/mol. The Balaban J connectivity index is 0.00000140. The minimum Gasteiger partial charge on any atom is -0.492 e. The summed E-state index contributed by atoms with van der Waals surface area (Å²) < 4.78 is 5.84. The molecule has 3 aliphatic rings. The molecule has 5 nitrogen and oxygen atoms in total. The predicted octanol–water partition coefficient (Wildman–Crippen LogP) is 3.01. The van der Waals surface area contributed by atoms with Gasteiger partial charge < -0.3 is 15.4 Å². The van der Waals surface area contributed by atoms with Crippen LogP contribution in [0, 0.1) is 11.3 Å².